The molecule has 0 bridgehead atoms. The van der Waals surface area contributed by atoms with Gasteiger partial charge in [-0.3, -0.25) is 4.90 Å². The maximum Gasteiger partial charge on any atom is 0.410 e. The van der Waals surface area contributed by atoms with E-state index in [0.717, 1.165) is 5.56 Å². The molecule has 0 saturated carbocycles. The van der Waals surface area contributed by atoms with Crippen LogP contribution in [0.1, 0.15) is 19.4 Å². The van der Waals surface area contributed by atoms with Gasteiger partial charge in [-0.15, -0.1) is 0 Å². The summed E-state index contributed by atoms with van der Waals surface area (Å²) in [6.45, 7) is 3.87. The minimum Gasteiger partial charge on any atom is -0.508 e. The maximum atomic E-state index is 11.8. The maximum absolute atomic E-state index is 11.8. The van der Waals surface area contributed by atoms with Crippen molar-refractivity contribution >= 4 is 12.1 Å². The topological polar surface area (TPSA) is 76.1 Å². The first-order valence-corrected chi connectivity index (χ1v) is 6.92. The van der Waals surface area contributed by atoms with Gasteiger partial charge in [-0.25, -0.2) is 9.59 Å². The molecule has 1 aromatic carbocycles. The van der Waals surface area contributed by atoms with E-state index in [-0.39, 0.29) is 25.0 Å². The van der Waals surface area contributed by atoms with E-state index in [4.69, 9.17) is 9.47 Å². The molecular formula is C15H19NO5. The Morgan fingerprint density at radius 2 is 2.14 bits per heavy atom. The summed E-state index contributed by atoms with van der Waals surface area (Å²) in [5, 5.41) is 9.28. The number of phenolic OH excluding ortho intramolecular Hbond substituents is 1. The number of nitrogens with zero attached hydrogens (tertiary/aromatic N) is 1. The number of esters is 1. The molecule has 1 aliphatic heterocycles. The van der Waals surface area contributed by atoms with Crippen LogP contribution >= 0.6 is 0 Å². The second-order valence-electron chi connectivity index (χ2n) is 4.94. The normalized spacial score (nSPS) is 19.2. The Bertz CT molecular complexity index is 513. The molecule has 1 heterocycles. The average Bonchev–Trinajstić information content (AvgIpc) is 2.82. The van der Waals surface area contributed by atoms with E-state index in [1.54, 1.807) is 38.1 Å². The third-order valence-electron chi connectivity index (χ3n) is 3.46. The van der Waals surface area contributed by atoms with Gasteiger partial charge >= 0.3 is 12.1 Å². The zero-order chi connectivity index (χ0) is 15.4. The van der Waals surface area contributed by atoms with Crippen LogP contribution in [0.2, 0.25) is 0 Å². The van der Waals surface area contributed by atoms with Crippen molar-refractivity contribution in [1.82, 2.24) is 4.90 Å². The largest absolute Gasteiger partial charge is 0.508 e. The number of amides is 1. The number of hydrogen-bond donors (Lipinski definition) is 1. The second kappa shape index (κ2) is 6.47. The Morgan fingerprint density at radius 1 is 1.48 bits per heavy atom. The van der Waals surface area contributed by atoms with E-state index in [2.05, 4.69) is 0 Å². The summed E-state index contributed by atoms with van der Waals surface area (Å²) in [6, 6.07) is 5.85. The molecule has 0 aliphatic carbocycles. The van der Waals surface area contributed by atoms with Gasteiger partial charge in [0.25, 0.3) is 0 Å². The number of ether oxygens (including phenoxy) is 2. The van der Waals surface area contributed by atoms with Crippen molar-refractivity contribution in [2.75, 3.05) is 13.2 Å². The predicted octanol–water partition coefficient (Wildman–Crippen LogP) is 1.71. The SMILES string of the molecule is CCOC(=O)C(C)N1C(=O)OC[C@@H]1Cc1ccc(O)cc1. The van der Waals surface area contributed by atoms with Crippen molar-refractivity contribution in [2.24, 2.45) is 0 Å². The van der Waals surface area contributed by atoms with Gasteiger partial charge in [0.2, 0.25) is 0 Å². The first-order chi connectivity index (χ1) is 10.0. The average molecular weight is 293 g/mol. The molecule has 114 valence electrons. The van der Waals surface area contributed by atoms with Crippen LogP contribution in [0.3, 0.4) is 0 Å². The molecule has 2 atom stereocenters. The fourth-order valence-electron chi connectivity index (χ4n) is 2.38. The molecule has 1 fully saturated rings. The zero-order valence-corrected chi connectivity index (χ0v) is 12.1. The number of phenols is 1. The van der Waals surface area contributed by atoms with Gasteiger partial charge in [0.05, 0.1) is 12.6 Å². The van der Waals surface area contributed by atoms with Crippen molar-refractivity contribution in [3.8, 4) is 5.75 Å². The monoisotopic (exact) mass is 293 g/mol. The van der Waals surface area contributed by atoms with Crippen molar-refractivity contribution in [1.29, 1.82) is 0 Å². The molecule has 1 aromatic rings. The Hall–Kier alpha value is -2.24. The highest BCUT2D eigenvalue weighted by Crippen LogP contribution is 2.21. The predicted molar refractivity (Wildman–Crippen MR) is 74.9 cm³/mol. The number of carbonyl (C=O) groups excluding carboxylic acids is 2. The Balaban J connectivity index is 2.09. The van der Waals surface area contributed by atoms with E-state index in [1.807, 2.05) is 0 Å². The first-order valence-electron chi connectivity index (χ1n) is 6.92. The summed E-state index contributed by atoms with van der Waals surface area (Å²) in [7, 11) is 0. The number of aromatic hydroxyl groups is 1. The lowest BCUT2D eigenvalue weighted by Gasteiger charge is -2.26. The fourth-order valence-corrected chi connectivity index (χ4v) is 2.38. The van der Waals surface area contributed by atoms with Gasteiger partial charge in [0, 0.05) is 0 Å². The molecule has 2 rings (SSSR count). The van der Waals surface area contributed by atoms with Crippen molar-refractivity contribution in [2.45, 2.75) is 32.4 Å². The molecule has 1 N–H and O–H groups in total. The van der Waals surface area contributed by atoms with E-state index in [0.29, 0.717) is 6.42 Å². The molecule has 0 aromatic heterocycles. The fraction of sp³-hybridized carbons (Fsp3) is 0.467. The lowest BCUT2D eigenvalue weighted by molar-refractivity contribution is -0.148. The smallest absolute Gasteiger partial charge is 0.410 e. The molecule has 21 heavy (non-hydrogen) atoms. The molecule has 0 radical (unpaired) electrons. The van der Waals surface area contributed by atoms with Crippen molar-refractivity contribution in [3.05, 3.63) is 29.8 Å². The number of carbonyl (C=O) groups is 2. The molecule has 0 spiro atoms. The number of benzene rings is 1. The van der Waals surface area contributed by atoms with Crippen molar-refractivity contribution in [3.63, 3.8) is 0 Å². The zero-order valence-electron chi connectivity index (χ0n) is 12.1. The molecule has 1 aliphatic rings. The van der Waals surface area contributed by atoms with Crippen LogP contribution < -0.4 is 0 Å². The number of rotatable bonds is 5. The van der Waals surface area contributed by atoms with Crippen LogP contribution in [0, 0.1) is 0 Å². The van der Waals surface area contributed by atoms with Crippen molar-refractivity contribution < 1.29 is 24.2 Å². The minimum absolute atomic E-state index is 0.189. The lowest BCUT2D eigenvalue weighted by Crippen LogP contribution is -2.46. The summed E-state index contributed by atoms with van der Waals surface area (Å²) in [5.41, 5.74) is 0.956. The van der Waals surface area contributed by atoms with Crippen LogP contribution in [0.5, 0.6) is 5.75 Å². The van der Waals surface area contributed by atoms with E-state index in [9.17, 15) is 14.7 Å². The number of hydrogen-bond acceptors (Lipinski definition) is 5. The van der Waals surface area contributed by atoms with Crippen LogP contribution in [0.25, 0.3) is 0 Å². The number of cyclic esters (lactones) is 1. The van der Waals surface area contributed by atoms with Crippen LogP contribution in [-0.2, 0) is 20.7 Å². The minimum atomic E-state index is -0.679. The Morgan fingerprint density at radius 3 is 2.76 bits per heavy atom. The lowest BCUT2D eigenvalue weighted by atomic mass is 10.0. The molecule has 6 nitrogen and oxygen atoms in total. The highest BCUT2D eigenvalue weighted by Gasteiger charge is 2.39. The van der Waals surface area contributed by atoms with Gasteiger partial charge in [-0.2, -0.15) is 0 Å². The highest BCUT2D eigenvalue weighted by atomic mass is 16.6. The standard InChI is InChI=1S/C15H19NO5/c1-3-20-14(18)10(2)16-12(9-21-15(16)19)8-11-4-6-13(17)7-5-11/h4-7,10,12,17H,3,8-9H2,1-2H3/t10?,12-/m0/s1. The molecule has 1 unspecified atom stereocenters. The second-order valence-corrected chi connectivity index (χ2v) is 4.94. The van der Waals surface area contributed by atoms with Gasteiger partial charge in [-0.05, 0) is 38.0 Å². The Labute approximate surface area is 123 Å². The first kappa shape index (κ1) is 15.2. The van der Waals surface area contributed by atoms with Crippen LogP contribution in [0.4, 0.5) is 4.79 Å². The van der Waals surface area contributed by atoms with E-state index in [1.165, 1.54) is 4.90 Å². The van der Waals surface area contributed by atoms with Gasteiger partial charge in [0.1, 0.15) is 18.4 Å². The van der Waals surface area contributed by atoms with Gasteiger partial charge in [0.15, 0.2) is 0 Å². The summed E-state index contributed by atoms with van der Waals surface area (Å²) >= 11 is 0. The molecule has 6 heteroatoms. The quantitative estimate of drug-likeness (QED) is 0.836. The molecule has 1 amide bonds. The summed E-state index contributed by atoms with van der Waals surface area (Å²) < 4.78 is 10.0. The van der Waals surface area contributed by atoms with Crippen LogP contribution in [0.15, 0.2) is 24.3 Å². The van der Waals surface area contributed by atoms with Crippen LogP contribution in [-0.4, -0.2) is 47.4 Å². The Kier molecular flexibility index (Phi) is 4.67. The summed E-state index contributed by atoms with van der Waals surface area (Å²) in [5.74, 6) is -0.249. The van der Waals surface area contributed by atoms with E-state index >= 15 is 0 Å². The van der Waals surface area contributed by atoms with Gasteiger partial charge < -0.3 is 14.6 Å². The summed E-state index contributed by atoms with van der Waals surface area (Å²) in [4.78, 5) is 25.1. The van der Waals surface area contributed by atoms with E-state index < -0.39 is 18.1 Å². The van der Waals surface area contributed by atoms with Gasteiger partial charge in [-0.1, -0.05) is 12.1 Å². The molecule has 1 saturated heterocycles. The molecular weight excluding hydrogens is 274 g/mol. The third-order valence-corrected chi connectivity index (χ3v) is 3.46. The highest BCUT2D eigenvalue weighted by molar-refractivity contribution is 5.82. The third kappa shape index (κ3) is 3.45. The summed E-state index contributed by atoms with van der Waals surface area (Å²) in [6.07, 6.45) is 0.0507.